The van der Waals surface area contributed by atoms with Gasteiger partial charge in [-0.2, -0.15) is 0 Å². The summed E-state index contributed by atoms with van der Waals surface area (Å²) >= 11 is 0. The summed E-state index contributed by atoms with van der Waals surface area (Å²) in [6.07, 6.45) is -0.0887. The molecule has 0 spiro atoms. The molecule has 0 unspecified atom stereocenters. The number of carboxylic acid groups (broad SMARTS) is 1. The van der Waals surface area contributed by atoms with Gasteiger partial charge in [0.2, 0.25) is 0 Å². The summed E-state index contributed by atoms with van der Waals surface area (Å²) in [5.74, 6) is 0.376. The van der Waals surface area contributed by atoms with Gasteiger partial charge in [-0.05, 0) is 73.5 Å². The summed E-state index contributed by atoms with van der Waals surface area (Å²) in [4.78, 5) is 24.4. The van der Waals surface area contributed by atoms with Gasteiger partial charge in [0.05, 0.1) is 11.9 Å². The molecule has 0 bridgehead atoms. The molecule has 33 heavy (non-hydrogen) atoms. The summed E-state index contributed by atoms with van der Waals surface area (Å²) in [7, 11) is 0. The molecule has 0 radical (unpaired) electrons. The molecule has 3 aromatic carbocycles. The Morgan fingerprint density at radius 2 is 1.55 bits per heavy atom. The van der Waals surface area contributed by atoms with E-state index in [2.05, 4.69) is 0 Å². The summed E-state index contributed by atoms with van der Waals surface area (Å²) in [5.41, 5.74) is 3.79. The molecule has 0 fully saturated rings. The lowest BCUT2D eigenvalue weighted by Gasteiger charge is -2.10. The van der Waals surface area contributed by atoms with E-state index in [4.69, 9.17) is 14.6 Å². The zero-order chi connectivity index (χ0) is 23.4. The summed E-state index contributed by atoms with van der Waals surface area (Å²) in [5, 5.41) is 9.95. The summed E-state index contributed by atoms with van der Waals surface area (Å²) in [6, 6.07) is 22.1. The second-order valence-electron chi connectivity index (χ2n) is 7.88. The SMILES string of the molecule is Cc1cccc(OCCOc2ccc(C(=O)n3c(C)cc4c(CC(=O)O)cccc43)cc2)c1. The number of carboxylic acids is 1. The average Bonchev–Trinajstić information content (AvgIpc) is 3.13. The summed E-state index contributed by atoms with van der Waals surface area (Å²) in [6.45, 7) is 4.65. The van der Waals surface area contributed by atoms with E-state index < -0.39 is 5.97 Å². The Labute approximate surface area is 192 Å². The van der Waals surface area contributed by atoms with Crippen LogP contribution in [0.25, 0.3) is 10.9 Å². The van der Waals surface area contributed by atoms with Crippen molar-refractivity contribution in [1.82, 2.24) is 4.57 Å². The van der Waals surface area contributed by atoms with Gasteiger partial charge in [-0.1, -0.05) is 24.3 Å². The third-order valence-corrected chi connectivity index (χ3v) is 5.38. The maximum atomic E-state index is 13.2. The number of carbonyl (C=O) groups excluding carboxylic acids is 1. The van der Waals surface area contributed by atoms with Crippen molar-refractivity contribution in [1.29, 1.82) is 0 Å². The highest BCUT2D eigenvalue weighted by Gasteiger charge is 2.17. The van der Waals surface area contributed by atoms with Crippen LogP contribution < -0.4 is 9.47 Å². The number of aliphatic carboxylic acids is 1. The van der Waals surface area contributed by atoms with Crippen LogP contribution in [0, 0.1) is 13.8 Å². The van der Waals surface area contributed by atoms with Gasteiger partial charge in [0.25, 0.3) is 5.91 Å². The number of nitrogens with zero attached hydrogens (tertiary/aromatic N) is 1. The van der Waals surface area contributed by atoms with Crippen molar-refractivity contribution in [2.75, 3.05) is 13.2 Å². The minimum Gasteiger partial charge on any atom is -0.490 e. The van der Waals surface area contributed by atoms with Gasteiger partial charge in [0, 0.05) is 16.6 Å². The molecule has 0 saturated heterocycles. The molecule has 0 aliphatic heterocycles. The number of hydrogen-bond acceptors (Lipinski definition) is 4. The molecule has 6 heteroatoms. The second kappa shape index (κ2) is 9.61. The van der Waals surface area contributed by atoms with Crippen molar-refractivity contribution in [3.05, 3.63) is 95.2 Å². The molecular formula is C27H25NO5. The molecule has 0 atom stereocenters. The average molecular weight is 443 g/mol. The van der Waals surface area contributed by atoms with Crippen LogP contribution in [0.15, 0.2) is 72.8 Å². The van der Waals surface area contributed by atoms with E-state index in [1.54, 1.807) is 41.0 Å². The zero-order valence-electron chi connectivity index (χ0n) is 18.6. The van der Waals surface area contributed by atoms with Crippen LogP contribution in [0.3, 0.4) is 0 Å². The zero-order valence-corrected chi connectivity index (χ0v) is 18.6. The molecule has 0 saturated carbocycles. The predicted molar refractivity (Wildman–Crippen MR) is 126 cm³/mol. The first-order valence-electron chi connectivity index (χ1n) is 10.7. The lowest BCUT2D eigenvalue weighted by molar-refractivity contribution is -0.136. The number of aromatic nitrogens is 1. The van der Waals surface area contributed by atoms with Crippen molar-refractivity contribution < 1.29 is 24.2 Å². The molecule has 1 N–H and O–H groups in total. The van der Waals surface area contributed by atoms with Crippen molar-refractivity contribution in [2.45, 2.75) is 20.3 Å². The lowest BCUT2D eigenvalue weighted by Crippen LogP contribution is -2.13. The third kappa shape index (κ3) is 5.06. The van der Waals surface area contributed by atoms with Crippen LogP contribution in [0.2, 0.25) is 0 Å². The van der Waals surface area contributed by atoms with Crippen molar-refractivity contribution in [3.8, 4) is 11.5 Å². The minimum absolute atomic E-state index is 0.0887. The standard InChI is InChI=1S/C27H25NO5/c1-18-5-3-7-23(15-18)33-14-13-32-22-11-9-20(10-12-22)27(31)28-19(2)16-24-21(17-26(29)30)6-4-8-25(24)28/h3-12,15-16H,13-14,17H2,1-2H3,(H,29,30). The first-order valence-corrected chi connectivity index (χ1v) is 10.7. The van der Waals surface area contributed by atoms with Gasteiger partial charge >= 0.3 is 5.97 Å². The molecule has 6 nitrogen and oxygen atoms in total. The fourth-order valence-electron chi connectivity index (χ4n) is 3.86. The number of hydrogen-bond donors (Lipinski definition) is 1. The molecule has 168 valence electrons. The van der Waals surface area contributed by atoms with E-state index in [1.165, 1.54) is 0 Å². The van der Waals surface area contributed by atoms with Gasteiger partial charge in [-0.25, -0.2) is 0 Å². The second-order valence-corrected chi connectivity index (χ2v) is 7.88. The molecule has 4 aromatic rings. The number of fused-ring (bicyclic) bond motifs is 1. The number of carbonyl (C=O) groups is 2. The molecule has 1 aromatic heterocycles. The minimum atomic E-state index is -0.904. The molecule has 0 amide bonds. The normalized spacial score (nSPS) is 10.8. The highest BCUT2D eigenvalue weighted by atomic mass is 16.5. The predicted octanol–water partition coefficient (Wildman–Crippen LogP) is 5.03. The van der Waals surface area contributed by atoms with E-state index in [9.17, 15) is 9.59 Å². The molecular weight excluding hydrogens is 418 g/mol. The maximum Gasteiger partial charge on any atom is 0.307 e. The van der Waals surface area contributed by atoms with Crippen LogP contribution in [0.1, 0.15) is 27.2 Å². The largest absolute Gasteiger partial charge is 0.490 e. The van der Waals surface area contributed by atoms with Crippen LogP contribution in [0.5, 0.6) is 11.5 Å². The molecule has 4 rings (SSSR count). The number of benzene rings is 3. The Bertz CT molecular complexity index is 1300. The highest BCUT2D eigenvalue weighted by molar-refractivity contribution is 6.04. The van der Waals surface area contributed by atoms with Gasteiger partial charge in [-0.3, -0.25) is 14.2 Å². The Morgan fingerprint density at radius 1 is 0.848 bits per heavy atom. The fourth-order valence-corrected chi connectivity index (χ4v) is 3.86. The van der Waals surface area contributed by atoms with E-state index in [1.807, 2.05) is 50.2 Å². The van der Waals surface area contributed by atoms with Crippen molar-refractivity contribution in [2.24, 2.45) is 0 Å². The third-order valence-electron chi connectivity index (χ3n) is 5.38. The molecule has 0 aliphatic rings. The fraction of sp³-hybridized carbons (Fsp3) is 0.185. The first-order chi connectivity index (χ1) is 15.9. The van der Waals surface area contributed by atoms with Crippen molar-refractivity contribution in [3.63, 3.8) is 0 Å². The monoisotopic (exact) mass is 443 g/mol. The van der Waals surface area contributed by atoms with E-state index >= 15 is 0 Å². The van der Waals surface area contributed by atoms with Gasteiger partial charge in [-0.15, -0.1) is 0 Å². The maximum absolute atomic E-state index is 13.2. The van der Waals surface area contributed by atoms with E-state index in [-0.39, 0.29) is 12.3 Å². The van der Waals surface area contributed by atoms with Gasteiger partial charge in [0.15, 0.2) is 0 Å². The first kappa shape index (κ1) is 22.1. The van der Waals surface area contributed by atoms with Crippen LogP contribution in [-0.4, -0.2) is 34.8 Å². The Kier molecular flexibility index (Phi) is 6.45. The molecule has 1 heterocycles. The Hall–Kier alpha value is -4.06. The van der Waals surface area contributed by atoms with Crippen LogP contribution in [0.4, 0.5) is 0 Å². The highest BCUT2D eigenvalue weighted by Crippen LogP contribution is 2.25. The van der Waals surface area contributed by atoms with Crippen molar-refractivity contribution >= 4 is 22.8 Å². The number of aryl methyl sites for hydroxylation is 2. The van der Waals surface area contributed by atoms with E-state index in [0.717, 1.165) is 22.4 Å². The Balaban J connectivity index is 1.43. The van der Waals surface area contributed by atoms with E-state index in [0.29, 0.717) is 35.6 Å². The van der Waals surface area contributed by atoms with Gasteiger partial charge < -0.3 is 14.6 Å². The topological polar surface area (TPSA) is 77.8 Å². The van der Waals surface area contributed by atoms with Crippen LogP contribution in [-0.2, 0) is 11.2 Å². The molecule has 0 aliphatic carbocycles. The smallest absolute Gasteiger partial charge is 0.307 e. The number of rotatable bonds is 8. The number of ether oxygens (including phenoxy) is 2. The van der Waals surface area contributed by atoms with Gasteiger partial charge in [0.1, 0.15) is 24.7 Å². The Morgan fingerprint density at radius 3 is 2.24 bits per heavy atom. The lowest BCUT2D eigenvalue weighted by atomic mass is 10.1. The quantitative estimate of drug-likeness (QED) is 0.387. The van der Waals surface area contributed by atoms with Crippen LogP contribution >= 0.6 is 0 Å². The summed E-state index contributed by atoms with van der Waals surface area (Å²) < 4.78 is 13.0.